The van der Waals surface area contributed by atoms with E-state index in [-0.39, 0.29) is 17.7 Å². The van der Waals surface area contributed by atoms with E-state index in [1.807, 2.05) is 55.2 Å². The van der Waals surface area contributed by atoms with E-state index in [2.05, 4.69) is 20.6 Å². The summed E-state index contributed by atoms with van der Waals surface area (Å²) in [5.41, 5.74) is 3.25. The molecule has 4 aromatic rings. The van der Waals surface area contributed by atoms with Crippen LogP contribution in [0.25, 0.3) is 22.2 Å². The van der Waals surface area contributed by atoms with Gasteiger partial charge >= 0.3 is 0 Å². The van der Waals surface area contributed by atoms with E-state index >= 15 is 0 Å². The molecule has 0 unspecified atom stereocenters. The van der Waals surface area contributed by atoms with Crippen LogP contribution in [0.15, 0.2) is 67.0 Å². The van der Waals surface area contributed by atoms with Gasteiger partial charge in [-0.2, -0.15) is 8.78 Å². The van der Waals surface area contributed by atoms with Gasteiger partial charge in [0, 0.05) is 55.1 Å². The molecule has 2 N–H and O–H groups in total. The molecule has 0 atom stereocenters. The number of hydrogen-bond donors (Lipinski definition) is 2. The standard InChI is InChI=1S/C28H28B3F2N7O2/c1-38(2)11-12-39(3)23-14-24(42-4)21(13-20(23)35-26(41)15-25(32)33)37-27-34-10-9-19(36-27)18-16-40(28(29,30)31)22-8-6-5-7-17(18)22/h5-10,13-16H,11-12H2,1-4H3,(H,35,41)(H,34,36,37). The zero-order valence-electron chi connectivity index (χ0n) is 23.7. The molecule has 0 spiro atoms. The van der Waals surface area contributed by atoms with Gasteiger partial charge < -0.3 is 29.7 Å². The van der Waals surface area contributed by atoms with Crippen LogP contribution in [-0.4, -0.2) is 90.2 Å². The van der Waals surface area contributed by atoms with Gasteiger partial charge in [0.25, 0.3) is 12.0 Å². The Hall–Kier alpha value is -4.32. The van der Waals surface area contributed by atoms with E-state index < -0.39 is 17.2 Å². The Morgan fingerprint density at radius 3 is 2.50 bits per heavy atom. The van der Waals surface area contributed by atoms with Gasteiger partial charge in [0.05, 0.1) is 59.5 Å². The van der Waals surface area contributed by atoms with Gasteiger partial charge in [0.15, 0.2) is 0 Å². The lowest BCUT2D eigenvalue weighted by atomic mass is 9.49. The highest BCUT2D eigenvalue weighted by atomic mass is 19.3. The van der Waals surface area contributed by atoms with Crippen LogP contribution in [0.2, 0.25) is 0 Å². The molecule has 0 bridgehead atoms. The smallest absolute Gasteiger partial charge is 0.275 e. The molecule has 0 aliphatic heterocycles. The van der Waals surface area contributed by atoms with E-state index in [4.69, 9.17) is 28.3 Å². The third-order valence-electron chi connectivity index (χ3n) is 6.42. The molecule has 1 amide bonds. The van der Waals surface area contributed by atoms with Crippen LogP contribution in [0.5, 0.6) is 5.75 Å². The van der Waals surface area contributed by atoms with E-state index in [1.54, 1.807) is 35.2 Å². The molecule has 0 saturated carbocycles. The predicted octanol–water partition coefficient (Wildman–Crippen LogP) is 3.64. The molecule has 2 aromatic carbocycles. The predicted molar refractivity (Wildman–Crippen MR) is 165 cm³/mol. The number of amides is 1. The van der Waals surface area contributed by atoms with Crippen LogP contribution in [-0.2, 0) is 10.0 Å². The number of rotatable bonds is 11. The summed E-state index contributed by atoms with van der Waals surface area (Å²) in [6, 6.07) is 12.5. The first kappa shape index (κ1) is 30.6. The first-order valence-corrected chi connectivity index (χ1v) is 12.9. The number of likely N-dealkylation sites (N-methyl/N-ethyl adjacent to an activating group) is 2. The van der Waals surface area contributed by atoms with Crippen molar-refractivity contribution in [1.82, 2.24) is 19.4 Å². The van der Waals surface area contributed by atoms with E-state index in [1.165, 1.54) is 7.11 Å². The fourth-order valence-electron chi connectivity index (χ4n) is 4.38. The second kappa shape index (κ2) is 12.7. The second-order valence-electron chi connectivity index (χ2n) is 9.93. The van der Waals surface area contributed by atoms with Crippen LogP contribution in [0.3, 0.4) is 0 Å². The lowest BCUT2D eigenvalue weighted by Crippen LogP contribution is -2.34. The van der Waals surface area contributed by atoms with Crippen molar-refractivity contribution >= 4 is 63.4 Å². The SMILES string of the molecule is [B]C([B])([B])n1cc(-c2ccnc(Nc3cc(NC(=O)C=C(F)F)c(N(C)CCN(C)C)cc3OC)n2)c2ccccc21. The number of halogens is 2. The molecule has 0 aliphatic carbocycles. The lowest BCUT2D eigenvalue weighted by Gasteiger charge is -2.26. The molecule has 210 valence electrons. The van der Waals surface area contributed by atoms with Gasteiger partial charge in [-0.15, -0.1) is 0 Å². The fourth-order valence-corrected chi connectivity index (χ4v) is 4.38. The number of methoxy groups -OCH3 is 1. The highest BCUT2D eigenvalue weighted by Crippen LogP contribution is 2.38. The second-order valence-corrected chi connectivity index (χ2v) is 9.93. The Bertz CT molecular complexity index is 1620. The molecule has 9 nitrogen and oxygen atoms in total. The number of fused-ring (bicyclic) bond motifs is 1. The maximum Gasteiger partial charge on any atom is 0.275 e. The molecule has 0 saturated heterocycles. The molecule has 0 fully saturated rings. The topological polar surface area (TPSA) is 87.6 Å². The van der Waals surface area contributed by atoms with Crippen LogP contribution in [0.4, 0.5) is 31.8 Å². The Morgan fingerprint density at radius 1 is 1.10 bits per heavy atom. The number of anilines is 4. The third kappa shape index (κ3) is 7.11. The molecule has 42 heavy (non-hydrogen) atoms. The number of nitrogens with one attached hydrogen (secondary N) is 2. The monoisotopic (exact) mass is 565 g/mol. The summed E-state index contributed by atoms with van der Waals surface area (Å²) in [7, 11) is 25.2. The van der Waals surface area contributed by atoms with Crippen molar-refractivity contribution in [2.24, 2.45) is 0 Å². The highest BCUT2D eigenvalue weighted by molar-refractivity contribution is 6.57. The van der Waals surface area contributed by atoms with Crippen LogP contribution >= 0.6 is 0 Å². The fraction of sp³-hybridized carbons (Fsp3) is 0.250. The van der Waals surface area contributed by atoms with Crippen molar-refractivity contribution in [3.63, 3.8) is 0 Å². The van der Waals surface area contributed by atoms with E-state index in [0.29, 0.717) is 35.9 Å². The number of nitrogens with zero attached hydrogens (tertiary/aromatic N) is 5. The number of aromatic nitrogens is 3. The lowest BCUT2D eigenvalue weighted by molar-refractivity contribution is -0.112. The molecule has 6 radical (unpaired) electrons. The normalized spacial score (nSPS) is 11.4. The molecule has 2 heterocycles. The summed E-state index contributed by atoms with van der Waals surface area (Å²) in [5.74, 6) is -0.349. The maximum absolute atomic E-state index is 12.8. The van der Waals surface area contributed by atoms with E-state index in [0.717, 1.165) is 16.5 Å². The zero-order valence-corrected chi connectivity index (χ0v) is 23.7. The quantitative estimate of drug-likeness (QED) is 0.212. The Labute approximate surface area is 247 Å². The van der Waals surface area contributed by atoms with Gasteiger partial charge in [-0.1, -0.05) is 23.4 Å². The summed E-state index contributed by atoms with van der Waals surface area (Å²) in [6.07, 6.45) is 1.42. The minimum absolute atomic E-state index is 0.211. The summed E-state index contributed by atoms with van der Waals surface area (Å²) in [5, 5.41) is 4.85. The minimum Gasteiger partial charge on any atom is -0.494 e. The Morgan fingerprint density at radius 2 is 1.83 bits per heavy atom. The molecule has 0 aliphatic rings. The molecular formula is C28H28B3F2N7O2. The average Bonchev–Trinajstić information content (AvgIpc) is 3.32. The summed E-state index contributed by atoms with van der Waals surface area (Å²) >= 11 is 0. The maximum atomic E-state index is 12.8. The summed E-state index contributed by atoms with van der Waals surface area (Å²) < 4.78 is 32.8. The van der Waals surface area contributed by atoms with Crippen LogP contribution in [0, 0.1) is 0 Å². The largest absolute Gasteiger partial charge is 0.494 e. The molecule has 14 heteroatoms. The number of ether oxygens (including phenoxy) is 1. The van der Waals surface area contributed by atoms with Gasteiger partial charge in [0.1, 0.15) is 5.75 Å². The van der Waals surface area contributed by atoms with Crippen LogP contribution < -0.4 is 20.3 Å². The van der Waals surface area contributed by atoms with Crippen molar-refractivity contribution < 1.29 is 18.3 Å². The zero-order chi connectivity index (χ0) is 30.6. The number of benzene rings is 2. The average molecular weight is 565 g/mol. The first-order valence-electron chi connectivity index (χ1n) is 12.9. The van der Waals surface area contributed by atoms with Gasteiger partial charge in [-0.05, 0) is 32.3 Å². The molecule has 4 rings (SSSR count). The number of carbonyl (C=O) groups excluding carboxylic acids is 1. The van der Waals surface area contributed by atoms with Crippen molar-refractivity contribution in [2.45, 2.75) is 5.24 Å². The van der Waals surface area contributed by atoms with Crippen molar-refractivity contribution in [1.29, 1.82) is 0 Å². The minimum atomic E-state index is -2.11. The Kier molecular flexibility index (Phi) is 9.25. The highest BCUT2D eigenvalue weighted by Gasteiger charge is 2.20. The van der Waals surface area contributed by atoms with Gasteiger partial charge in [0.2, 0.25) is 5.95 Å². The number of para-hydroxylation sites is 1. The summed E-state index contributed by atoms with van der Waals surface area (Å²) in [6.45, 7) is 1.30. The number of carbonyl (C=O) groups is 1. The summed E-state index contributed by atoms with van der Waals surface area (Å²) in [4.78, 5) is 25.2. The van der Waals surface area contributed by atoms with Gasteiger partial charge in [-0.25, -0.2) is 9.97 Å². The van der Waals surface area contributed by atoms with Crippen molar-refractivity contribution in [2.75, 3.05) is 56.9 Å². The van der Waals surface area contributed by atoms with Crippen molar-refractivity contribution in [3.8, 4) is 17.0 Å². The molecular weight excluding hydrogens is 537 g/mol. The van der Waals surface area contributed by atoms with E-state index in [9.17, 15) is 13.6 Å². The third-order valence-corrected chi connectivity index (χ3v) is 6.42. The number of hydrogen-bond acceptors (Lipinski definition) is 7. The van der Waals surface area contributed by atoms with Crippen LogP contribution in [0.1, 0.15) is 0 Å². The first-order chi connectivity index (χ1) is 19.9. The molecule has 2 aromatic heterocycles. The Balaban J connectivity index is 1.74. The van der Waals surface area contributed by atoms with Crippen molar-refractivity contribution in [3.05, 3.63) is 67.0 Å². The van der Waals surface area contributed by atoms with Gasteiger partial charge in [-0.3, -0.25) is 4.79 Å².